The summed E-state index contributed by atoms with van der Waals surface area (Å²) in [5.74, 6) is 0.728. The van der Waals surface area contributed by atoms with Gasteiger partial charge in [0.25, 0.3) is 0 Å². The lowest BCUT2D eigenvalue weighted by Crippen LogP contribution is -2.12. The molecule has 0 aliphatic carbocycles. The third kappa shape index (κ3) is 5.13. The average molecular weight is 355 g/mol. The molecule has 0 bridgehead atoms. The van der Waals surface area contributed by atoms with E-state index in [4.69, 9.17) is 16.0 Å². The van der Waals surface area contributed by atoms with Crippen molar-refractivity contribution in [2.24, 2.45) is 0 Å². The molecule has 0 aliphatic heterocycles. The zero-order chi connectivity index (χ0) is 17.5. The number of halogens is 1. The molecule has 1 amide bonds. The van der Waals surface area contributed by atoms with Gasteiger partial charge >= 0.3 is 0 Å². The van der Waals surface area contributed by atoms with Crippen molar-refractivity contribution in [1.82, 2.24) is 0 Å². The lowest BCUT2D eigenvalue weighted by molar-refractivity contribution is -0.116. The minimum atomic E-state index is -0.0718. The molecule has 0 unspecified atom stereocenters. The van der Waals surface area contributed by atoms with Crippen LogP contribution in [-0.4, -0.2) is 5.91 Å². The topological polar surface area (TPSA) is 54.3 Å². The van der Waals surface area contributed by atoms with Crippen molar-refractivity contribution < 1.29 is 9.21 Å². The zero-order valence-corrected chi connectivity index (χ0v) is 14.4. The highest BCUT2D eigenvalue weighted by Gasteiger charge is 2.07. The van der Waals surface area contributed by atoms with E-state index >= 15 is 0 Å². The molecule has 25 heavy (non-hydrogen) atoms. The first-order valence-corrected chi connectivity index (χ1v) is 8.48. The molecule has 3 aromatic rings. The number of hydrogen-bond acceptors (Lipinski definition) is 3. The molecule has 3 rings (SSSR count). The van der Waals surface area contributed by atoms with Gasteiger partial charge in [-0.15, -0.1) is 0 Å². The molecule has 0 fully saturated rings. The SMILES string of the molecule is O=C(CCc1ccco1)Nc1ccc(NCc2ccccc2)c(Cl)c1. The van der Waals surface area contributed by atoms with Gasteiger partial charge in [-0.2, -0.15) is 0 Å². The first-order valence-electron chi connectivity index (χ1n) is 8.10. The van der Waals surface area contributed by atoms with E-state index in [2.05, 4.69) is 22.8 Å². The van der Waals surface area contributed by atoms with Crippen LogP contribution in [0.2, 0.25) is 5.02 Å². The van der Waals surface area contributed by atoms with E-state index in [0.717, 1.165) is 11.4 Å². The van der Waals surface area contributed by atoms with Crippen LogP contribution in [0.1, 0.15) is 17.7 Å². The minimum absolute atomic E-state index is 0.0718. The Morgan fingerprint density at radius 1 is 1.04 bits per heavy atom. The quantitative estimate of drug-likeness (QED) is 0.619. The van der Waals surface area contributed by atoms with Crippen LogP contribution in [-0.2, 0) is 17.8 Å². The van der Waals surface area contributed by atoms with Crippen molar-refractivity contribution in [2.75, 3.05) is 10.6 Å². The molecular weight excluding hydrogens is 336 g/mol. The normalized spacial score (nSPS) is 10.4. The summed E-state index contributed by atoms with van der Waals surface area (Å²) in [6.07, 6.45) is 2.54. The Labute approximate surface area is 151 Å². The van der Waals surface area contributed by atoms with E-state index in [1.165, 1.54) is 5.56 Å². The van der Waals surface area contributed by atoms with E-state index in [0.29, 0.717) is 30.1 Å². The Bertz CT molecular complexity index is 817. The summed E-state index contributed by atoms with van der Waals surface area (Å²) in [7, 11) is 0. The Kier molecular flexibility index (Phi) is 5.75. The number of nitrogens with one attached hydrogen (secondary N) is 2. The summed E-state index contributed by atoms with van der Waals surface area (Å²) >= 11 is 6.31. The molecule has 2 N–H and O–H groups in total. The van der Waals surface area contributed by atoms with Gasteiger partial charge in [0.1, 0.15) is 5.76 Å². The molecule has 0 saturated heterocycles. The van der Waals surface area contributed by atoms with Gasteiger partial charge in [-0.3, -0.25) is 4.79 Å². The van der Waals surface area contributed by atoms with Crippen LogP contribution in [0.5, 0.6) is 0 Å². The van der Waals surface area contributed by atoms with Gasteiger partial charge < -0.3 is 15.1 Å². The minimum Gasteiger partial charge on any atom is -0.469 e. The molecule has 1 heterocycles. The second-order valence-corrected chi connectivity index (χ2v) is 6.07. The smallest absolute Gasteiger partial charge is 0.224 e. The third-order valence-electron chi connectivity index (χ3n) is 3.76. The Hall–Kier alpha value is -2.72. The van der Waals surface area contributed by atoms with Crippen LogP contribution in [0.15, 0.2) is 71.3 Å². The van der Waals surface area contributed by atoms with Crippen molar-refractivity contribution in [2.45, 2.75) is 19.4 Å². The van der Waals surface area contributed by atoms with Gasteiger partial charge in [0.15, 0.2) is 0 Å². The average Bonchev–Trinajstić information content (AvgIpc) is 3.14. The molecule has 0 atom stereocenters. The number of benzene rings is 2. The van der Waals surface area contributed by atoms with Gasteiger partial charge in [-0.1, -0.05) is 41.9 Å². The first kappa shape index (κ1) is 17.1. The lowest BCUT2D eigenvalue weighted by atomic mass is 10.2. The number of hydrogen-bond donors (Lipinski definition) is 2. The molecule has 5 heteroatoms. The standard InChI is InChI=1S/C20H19ClN2O2/c21-18-13-16(23-20(24)11-9-17-7-4-12-25-17)8-10-19(18)22-14-15-5-2-1-3-6-15/h1-8,10,12-13,22H,9,11,14H2,(H,23,24). The number of aryl methyl sites for hydroxylation is 1. The van der Waals surface area contributed by atoms with Crippen molar-refractivity contribution in [3.05, 3.63) is 83.3 Å². The maximum absolute atomic E-state index is 12.0. The molecule has 0 aliphatic rings. The largest absolute Gasteiger partial charge is 0.469 e. The van der Waals surface area contributed by atoms with E-state index < -0.39 is 0 Å². The lowest BCUT2D eigenvalue weighted by Gasteiger charge is -2.11. The van der Waals surface area contributed by atoms with Crippen LogP contribution in [0.4, 0.5) is 11.4 Å². The maximum Gasteiger partial charge on any atom is 0.224 e. The molecule has 4 nitrogen and oxygen atoms in total. The van der Waals surface area contributed by atoms with Crippen molar-refractivity contribution in [1.29, 1.82) is 0 Å². The second kappa shape index (κ2) is 8.40. The monoisotopic (exact) mass is 354 g/mol. The number of carbonyl (C=O) groups is 1. The van der Waals surface area contributed by atoms with Crippen LogP contribution >= 0.6 is 11.6 Å². The molecule has 0 radical (unpaired) electrons. The summed E-state index contributed by atoms with van der Waals surface area (Å²) in [6, 6.07) is 19.2. The molecule has 1 aromatic heterocycles. The zero-order valence-electron chi connectivity index (χ0n) is 13.7. The summed E-state index contributed by atoms with van der Waals surface area (Å²) in [5.41, 5.74) is 2.69. The fraction of sp³-hybridized carbons (Fsp3) is 0.150. The Balaban J connectivity index is 1.53. The molecule has 0 spiro atoms. The Morgan fingerprint density at radius 2 is 1.88 bits per heavy atom. The van der Waals surface area contributed by atoms with Crippen LogP contribution in [0.3, 0.4) is 0 Å². The Morgan fingerprint density at radius 3 is 2.60 bits per heavy atom. The van der Waals surface area contributed by atoms with Crippen LogP contribution in [0.25, 0.3) is 0 Å². The highest BCUT2D eigenvalue weighted by atomic mass is 35.5. The summed E-state index contributed by atoms with van der Waals surface area (Å²) in [4.78, 5) is 12.0. The van der Waals surface area contributed by atoms with Crippen molar-refractivity contribution in [3.63, 3.8) is 0 Å². The maximum atomic E-state index is 12.0. The van der Waals surface area contributed by atoms with E-state index in [-0.39, 0.29) is 5.91 Å². The van der Waals surface area contributed by atoms with Gasteiger partial charge in [-0.25, -0.2) is 0 Å². The molecule has 2 aromatic carbocycles. The van der Waals surface area contributed by atoms with Gasteiger partial charge in [0.05, 0.1) is 17.0 Å². The van der Waals surface area contributed by atoms with Crippen molar-refractivity contribution >= 4 is 28.9 Å². The molecule has 0 saturated carbocycles. The first-order chi connectivity index (χ1) is 12.2. The molecule has 128 valence electrons. The predicted molar refractivity (Wildman–Crippen MR) is 101 cm³/mol. The number of furan rings is 1. The number of anilines is 2. The second-order valence-electron chi connectivity index (χ2n) is 5.66. The van der Waals surface area contributed by atoms with Gasteiger partial charge in [0.2, 0.25) is 5.91 Å². The number of amides is 1. The highest BCUT2D eigenvalue weighted by Crippen LogP contribution is 2.26. The van der Waals surface area contributed by atoms with Gasteiger partial charge in [-0.05, 0) is 35.9 Å². The fourth-order valence-electron chi connectivity index (χ4n) is 2.44. The van der Waals surface area contributed by atoms with E-state index in [1.807, 2.05) is 42.5 Å². The third-order valence-corrected chi connectivity index (χ3v) is 4.07. The van der Waals surface area contributed by atoms with E-state index in [9.17, 15) is 4.79 Å². The van der Waals surface area contributed by atoms with Gasteiger partial charge in [0, 0.05) is 25.1 Å². The summed E-state index contributed by atoms with van der Waals surface area (Å²) < 4.78 is 5.22. The highest BCUT2D eigenvalue weighted by molar-refractivity contribution is 6.33. The van der Waals surface area contributed by atoms with Crippen molar-refractivity contribution in [3.8, 4) is 0 Å². The van der Waals surface area contributed by atoms with E-state index in [1.54, 1.807) is 12.3 Å². The molecular formula is C20H19ClN2O2. The van der Waals surface area contributed by atoms with Crippen LogP contribution < -0.4 is 10.6 Å². The number of carbonyl (C=O) groups excluding carboxylic acids is 1. The fourth-order valence-corrected chi connectivity index (χ4v) is 2.69. The number of rotatable bonds is 7. The predicted octanol–water partition coefficient (Wildman–Crippen LogP) is 5.12. The summed E-state index contributed by atoms with van der Waals surface area (Å²) in [5, 5.41) is 6.72. The summed E-state index contributed by atoms with van der Waals surface area (Å²) in [6.45, 7) is 0.690. The van der Waals surface area contributed by atoms with Crippen LogP contribution in [0, 0.1) is 0 Å².